The lowest BCUT2D eigenvalue weighted by Crippen LogP contribution is -2.21. The molecular formula is C17H19BrFNO. The predicted octanol–water partition coefficient (Wildman–Crippen LogP) is 4.45. The molecule has 0 aliphatic rings. The maximum atomic E-state index is 13.1. The van der Waals surface area contributed by atoms with Crippen molar-refractivity contribution in [3.05, 3.63) is 63.9 Å². The number of hydrogen-bond donors (Lipinski definition) is 1. The van der Waals surface area contributed by atoms with Gasteiger partial charge in [0.1, 0.15) is 18.2 Å². The Morgan fingerprint density at radius 1 is 1.19 bits per heavy atom. The Morgan fingerprint density at radius 2 is 1.95 bits per heavy atom. The molecule has 0 bridgehead atoms. The number of ether oxygens (including phenoxy) is 1. The summed E-state index contributed by atoms with van der Waals surface area (Å²) >= 11 is 3.35. The molecule has 0 aliphatic carbocycles. The van der Waals surface area contributed by atoms with Gasteiger partial charge in [-0.25, -0.2) is 4.39 Å². The van der Waals surface area contributed by atoms with E-state index in [4.69, 9.17) is 10.5 Å². The fourth-order valence-electron chi connectivity index (χ4n) is 2.03. The Bertz CT molecular complexity index is 603. The molecule has 1 atom stereocenters. The molecule has 1 unspecified atom stereocenters. The van der Waals surface area contributed by atoms with Gasteiger partial charge in [-0.3, -0.25) is 0 Å². The highest BCUT2D eigenvalue weighted by Gasteiger charge is 2.09. The Labute approximate surface area is 133 Å². The van der Waals surface area contributed by atoms with Crippen molar-refractivity contribution in [3.63, 3.8) is 0 Å². The lowest BCUT2D eigenvalue weighted by Gasteiger charge is -2.15. The first-order chi connectivity index (χ1) is 10.1. The first kappa shape index (κ1) is 16.0. The predicted molar refractivity (Wildman–Crippen MR) is 86.8 cm³/mol. The molecule has 4 heteroatoms. The fraction of sp³-hybridized carbons (Fsp3) is 0.294. The fourth-order valence-corrected chi connectivity index (χ4v) is 2.50. The van der Waals surface area contributed by atoms with Crippen molar-refractivity contribution in [2.45, 2.75) is 32.4 Å². The Kier molecular flexibility index (Phi) is 5.76. The Hall–Kier alpha value is -1.39. The average Bonchev–Trinajstić information content (AvgIpc) is 2.47. The molecule has 112 valence electrons. The van der Waals surface area contributed by atoms with Gasteiger partial charge >= 0.3 is 0 Å². The monoisotopic (exact) mass is 351 g/mol. The molecule has 0 heterocycles. The molecule has 2 rings (SSSR count). The van der Waals surface area contributed by atoms with Gasteiger partial charge in [-0.1, -0.05) is 47.1 Å². The number of benzene rings is 2. The van der Waals surface area contributed by atoms with Gasteiger partial charge in [-0.05, 0) is 36.6 Å². The lowest BCUT2D eigenvalue weighted by atomic mass is 10.0. The molecule has 0 spiro atoms. The van der Waals surface area contributed by atoms with Crippen molar-refractivity contribution in [3.8, 4) is 5.75 Å². The van der Waals surface area contributed by atoms with Crippen molar-refractivity contribution in [1.29, 1.82) is 0 Å². The van der Waals surface area contributed by atoms with Crippen LogP contribution in [0, 0.1) is 5.82 Å². The maximum Gasteiger partial charge on any atom is 0.124 e. The van der Waals surface area contributed by atoms with Crippen LogP contribution in [0.2, 0.25) is 0 Å². The Morgan fingerprint density at radius 3 is 2.67 bits per heavy atom. The third-order valence-corrected chi connectivity index (χ3v) is 4.12. The van der Waals surface area contributed by atoms with E-state index in [-0.39, 0.29) is 11.9 Å². The molecule has 2 N–H and O–H groups in total. The van der Waals surface area contributed by atoms with E-state index < -0.39 is 0 Å². The van der Waals surface area contributed by atoms with E-state index >= 15 is 0 Å². The molecule has 0 aromatic heterocycles. The first-order valence-corrected chi connectivity index (χ1v) is 7.79. The van der Waals surface area contributed by atoms with E-state index in [2.05, 4.69) is 22.9 Å². The molecule has 2 aromatic carbocycles. The molecule has 0 aliphatic heterocycles. The summed E-state index contributed by atoms with van der Waals surface area (Å²) in [4.78, 5) is 0. The van der Waals surface area contributed by atoms with E-state index in [9.17, 15) is 4.39 Å². The summed E-state index contributed by atoms with van der Waals surface area (Å²) in [5, 5.41) is 0. The van der Waals surface area contributed by atoms with Crippen molar-refractivity contribution in [1.82, 2.24) is 0 Å². The summed E-state index contributed by atoms with van der Waals surface area (Å²) in [6, 6.07) is 12.6. The third kappa shape index (κ3) is 4.55. The van der Waals surface area contributed by atoms with Crippen LogP contribution in [0.15, 0.2) is 46.9 Å². The van der Waals surface area contributed by atoms with E-state index in [1.807, 2.05) is 24.3 Å². The van der Waals surface area contributed by atoms with Crippen LogP contribution in [0.3, 0.4) is 0 Å². The molecule has 21 heavy (non-hydrogen) atoms. The normalized spacial score (nSPS) is 12.2. The van der Waals surface area contributed by atoms with E-state index in [1.54, 1.807) is 6.07 Å². The zero-order valence-corrected chi connectivity index (χ0v) is 13.6. The quantitative estimate of drug-likeness (QED) is 0.834. The first-order valence-electron chi connectivity index (χ1n) is 7.00. The minimum Gasteiger partial charge on any atom is -0.489 e. The van der Waals surface area contributed by atoms with Gasteiger partial charge in [0.15, 0.2) is 0 Å². The van der Waals surface area contributed by atoms with Gasteiger partial charge in [0.25, 0.3) is 0 Å². The van der Waals surface area contributed by atoms with Crippen molar-refractivity contribution >= 4 is 15.9 Å². The van der Waals surface area contributed by atoms with Gasteiger partial charge in [0.05, 0.1) is 0 Å². The second kappa shape index (κ2) is 7.57. The standard InChI is InChI=1S/C17H19BrFNO/c1-2-15(20)9-12-5-3-4-6-17(12)21-11-13-7-8-14(19)10-16(13)18/h3-8,10,15H,2,9,11,20H2,1H3. The van der Waals surface area contributed by atoms with Gasteiger partial charge in [-0.15, -0.1) is 0 Å². The average molecular weight is 352 g/mol. The van der Waals surface area contributed by atoms with Crippen molar-refractivity contribution in [2.75, 3.05) is 0 Å². The largest absolute Gasteiger partial charge is 0.489 e. The maximum absolute atomic E-state index is 13.1. The molecule has 0 saturated carbocycles. The summed E-state index contributed by atoms with van der Waals surface area (Å²) in [7, 11) is 0. The van der Waals surface area contributed by atoms with Gasteiger partial charge < -0.3 is 10.5 Å². The molecular weight excluding hydrogens is 333 g/mol. The van der Waals surface area contributed by atoms with Crippen LogP contribution in [0.25, 0.3) is 0 Å². The highest BCUT2D eigenvalue weighted by atomic mass is 79.9. The summed E-state index contributed by atoms with van der Waals surface area (Å²) in [6.07, 6.45) is 1.72. The summed E-state index contributed by atoms with van der Waals surface area (Å²) in [6.45, 7) is 2.46. The molecule has 0 amide bonds. The highest BCUT2D eigenvalue weighted by Crippen LogP contribution is 2.24. The van der Waals surface area contributed by atoms with E-state index in [1.165, 1.54) is 12.1 Å². The Balaban J connectivity index is 2.09. The number of hydrogen-bond acceptors (Lipinski definition) is 2. The number of nitrogens with two attached hydrogens (primary N) is 1. The summed E-state index contributed by atoms with van der Waals surface area (Å²) in [5.41, 5.74) is 8.03. The summed E-state index contributed by atoms with van der Waals surface area (Å²) < 4.78 is 19.7. The minimum atomic E-state index is -0.264. The smallest absolute Gasteiger partial charge is 0.124 e. The lowest BCUT2D eigenvalue weighted by molar-refractivity contribution is 0.301. The molecule has 2 aromatic rings. The van der Waals surface area contributed by atoms with Crippen LogP contribution >= 0.6 is 15.9 Å². The van der Waals surface area contributed by atoms with Crippen LogP contribution in [0.4, 0.5) is 4.39 Å². The second-order valence-corrected chi connectivity index (χ2v) is 5.86. The van der Waals surface area contributed by atoms with E-state index in [0.717, 1.165) is 29.7 Å². The summed E-state index contributed by atoms with van der Waals surface area (Å²) in [5.74, 6) is 0.567. The van der Waals surface area contributed by atoms with Gasteiger partial charge in [0.2, 0.25) is 0 Å². The number of halogens is 2. The van der Waals surface area contributed by atoms with Gasteiger partial charge in [-0.2, -0.15) is 0 Å². The van der Waals surface area contributed by atoms with Crippen LogP contribution in [0.5, 0.6) is 5.75 Å². The zero-order valence-electron chi connectivity index (χ0n) is 12.0. The number of para-hydroxylation sites is 1. The molecule has 2 nitrogen and oxygen atoms in total. The van der Waals surface area contributed by atoms with Crippen LogP contribution in [-0.4, -0.2) is 6.04 Å². The molecule has 0 fully saturated rings. The van der Waals surface area contributed by atoms with Crippen LogP contribution in [-0.2, 0) is 13.0 Å². The van der Waals surface area contributed by atoms with Gasteiger partial charge in [0, 0.05) is 16.1 Å². The zero-order chi connectivity index (χ0) is 15.2. The topological polar surface area (TPSA) is 35.2 Å². The second-order valence-electron chi connectivity index (χ2n) is 5.00. The molecule has 0 saturated heterocycles. The minimum absolute atomic E-state index is 0.132. The van der Waals surface area contributed by atoms with Crippen molar-refractivity contribution < 1.29 is 9.13 Å². The van der Waals surface area contributed by atoms with E-state index in [0.29, 0.717) is 11.1 Å². The van der Waals surface area contributed by atoms with Crippen molar-refractivity contribution in [2.24, 2.45) is 5.73 Å². The molecule has 0 radical (unpaired) electrons. The van der Waals surface area contributed by atoms with Crippen LogP contribution < -0.4 is 10.5 Å². The third-order valence-electron chi connectivity index (χ3n) is 3.38. The number of rotatable bonds is 6. The highest BCUT2D eigenvalue weighted by molar-refractivity contribution is 9.10. The SMILES string of the molecule is CCC(N)Cc1ccccc1OCc1ccc(F)cc1Br. The van der Waals surface area contributed by atoms with Crippen LogP contribution in [0.1, 0.15) is 24.5 Å².